The number of carbonyl (C=O) groups excluding carboxylic acids is 1. The van der Waals surface area contributed by atoms with E-state index >= 15 is 0 Å². The van der Waals surface area contributed by atoms with E-state index < -0.39 is 22.1 Å². The molecule has 11 heteroatoms. The summed E-state index contributed by atoms with van der Waals surface area (Å²) in [7, 11) is 0. The highest BCUT2D eigenvalue weighted by atomic mass is 79.9. The molecule has 0 bridgehead atoms. The topological polar surface area (TPSA) is 146 Å². The van der Waals surface area contributed by atoms with Crippen LogP contribution >= 0.6 is 15.9 Å². The minimum absolute atomic E-state index is 0.0648. The van der Waals surface area contributed by atoms with Gasteiger partial charge in [-0.05, 0) is 15.9 Å². The molecule has 1 amide bonds. The van der Waals surface area contributed by atoms with Gasteiger partial charge in [0, 0.05) is 22.8 Å². The van der Waals surface area contributed by atoms with Crippen LogP contribution in [-0.4, -0.2) is 20.6 Å². The quantitative estimate of drug-likeness (QED) is 0.342. The average molecular weight is 358 g/mol. The first-order valence-corrected chi connectivity index (χ1v) is 6.22. The summed E-state index contributed by atoms with van der Waals surface area (Å²) < 4.78 is 6.29. The third kappa shape index (κ3) is 3.14. The van der Waals surface area contributed by atoms with E-state index in [-0.39, 0.29) is 18.0 Å². The molecule has 0 unspecified atom stereocenters. The number of amides is 1. The number of aromatic nitrogens is 2. The summed E-state index contributed by atoms with van der Waals surface area (Å²) in [6.07, 6.45) is 1.36. The fourth-order valence-corrected chi connectivity index (χ4v) is 2.03. The molecule has 2 heterocycles. The van der Waals surface area contributed by atoms with Gasteiger partial charge in [0.25, 0.3) is 5.91 Å². The van der Waals surface area contributed by atoms with Crippen LogP contribution in [0.25, 0.3) is 0 Å². The predicted molar refractivity (Wildman–Crippen MR) is 72.3 cm³/mol. The van der Waals surface area contributed by atoms with Crippen LogP contribution in [0.2, 0.25) is 0 Å². The van der Waals surface area contributed by atoms with Crippen LogP contribution < -0.4 is 16.8 Å². The Kier molecular flexibility index (Phi) is 4.14. The second-order valence-electron chi connectivity index (χ2n) is 3.89. The SMILES string of the molecule is NNC(=O)c1cc(Cn2cc(Br)cc([N+](=O)[O-])c2=O)on1. The van der Waals surface area contributed by atoms with Crippen LogP contribution in [0, 0.1) is 10.1 Å². The molecule has 0 saturated heterocycles. The molecule has 110 valence electrons. The Morgan fingerprint density at radius 2 is 2.29 bits per heavy atom. The van der Waals surface area contributed by atoms with Crippen molar-refractivity contribution in [3.63, 3.8) is 0 Å². The number of nitrogens with one attached hydrogen (secondary N) is 1. The van der Waals surface area contributed by atoms with Gasteiger partial charge in [-0.25, -0.2) is 5.84 Å². The van der Waals surface area contributed by atoms with Gasteiger partial charge >= 0.3 is 11.2 Å². The number of hydrogen-bond acceptors (Lipinski definition) is 7. The van der Waals surface area contributed by atoms with Crippen LogP contribution in [0.3, 0.4) is 0 Å². The molecular weight excluding hydrogens is 350 g/mol. The molecule has 0 radical (unpaired) electrons. The minimum atomic E-state index is -0.801. The number of nitrogens with zero attached hydrogens (tertiary/aromatic N) is 3. The fourth-order valence-electron chi connectivity index (χ4n) is 1.57. The Hall–Kier alpha value is -2.53. The van der Waals surface area contributed by atoms with Gasteiger partial charge in [0.2, 0.25) is 0 Å². The largest absolute Gasteiger partial charge is 0.359 e. The third-order valence-electron chi connectivity index (χ3n) is 2.48. The summed E-state index contributed by atoms with van der Waals surface area (Å²) in [6, 6.07) is 2.38. The van der Waals surface area contributed by atoms with Crippen LogP contribution in [0.5, 0.6) is 0 Å². The highest BCUT2D eigenvalue weighted by molar-refractivity contribution is 9.10. The molecule has 3 N–H and O–H groups in total. The molecule has 0 spiro atoms. The first-order valence-electron chi connectivity index (χ1n) is 5.43. The Balaban J connectivity index is 2.36. The second kappa shape index (κ2) is 5.85. The maximum atomic E-state index is 11.9. The molecule has 21 heavy (non-hydrogen) atoms. The molecule has 2 aromatic rings. The molecular formula is C10H8BrN5O5. The number of hydrogen-bond donors (Lipinski definition) is 2. The van der Waals surface area contributed by atoms with Gasteiger partial charge in [0.15, 0.2) is 11.5 Å². The van der Waals surface area contributed by atoms with Crippen molar-refractivity contribution < 1.29 is 14.2 Å². The lowest BCUT2D eigenvalue weighted by Crippen LogP contribution is -2.30. The van der Waals surface area contributed by atoms with Crippen LogP contribution in [0.15, 0.2) is 32.1 Å². The van der Waals surface area contributed by atoms with Crippen molar-refractivity contribution in [2.24, 2.45) is 5.84 Å². The van der Waals surface area contributed by atoms with Gasteiger partial charge in [-0.1, -0.05) is 5.16 Å². The number of nitrogens with two attached hydrogens (primary N) is 1. The van der Waals surface area contributed by atoms with Gasteiger partial charge < -0.3 is 9.09 Å². The minimum Gasteiger partial charge on any atom is -0.359 e. The standard InChI is InChI=1S/C10H8BrN5O5/c11-5-1-8(16(19)20)10(18)15(3-5)4-6-2-7(14-21-6)9(17)13-12/h1-3H,4,12H2,(H,13,17). The number of nitro groups is 1. The van der Waals surface area contributed by atoms with Gasteiger partial charge in [-0.15, -0.1) is 0 Å². The highest BCUT2D eigenvalue weighted by Crippen LogP contribution is 2.15. The van der Waals surface area contributed by atoms with E-state index in [0.717, 1.165) is 10.6 Å². The van der Waals surface area contributed by atoms with Crippen molar-refractivity contribution in [2.45, 2.75) is 6.54 Å². The Bertz CT molecular complexity index is 767. The van der Waals surface area contributed by atoms with Gasteiger partial charge in [0.1, 0.15) is 0 Å². The van der Waals surface area contributed by atoms with E-state index in [4.69, 9.17) is 10.4 Å². The van der Waals surface area contributed by atoms with E-state index in [1.165, 1.54) is 12.3 Å². The first kappa shape index (κ1) is 14.9. The number of pyridine rings is 1. The molecule has 0 atom stereocenters. The average Bonchev–Trinajstić information content (AvgIpc) is 2.89. The van der Waals surface area contributed by atoms with Gasteiger partial charge in [-0.2, -0.15) is 0 Å². The molecule has 0 aliphatic rings. The Labute approximate surface area is 124 Å². The summed E-state index contributed by atoms with van der Waals surface area (Å²) in [5, 5.41) is 14.2. The monoisotopic (exact) mass is 357 g/mol. The zero-order valence-electron chi connectivity index (χ0n) is 10.3. The normalized spacial score (nSPS) is 10.4. The van der Waals surface area contributed by atoms with Crippen molar-refractivity contribution >= 4 is 27.5 Å². The van der Waals surface area contributed by atoms with E-state index in [0.29, 0.717) is 4.47 Å². The van der Waals surface area contributed by atoms with Crippen LogP contribution in [0.4, 0.5) is 5.69 Å². The Morgan fingerprint density at radius 3 is 2.90 bits per heavy atom. The lowest BCUT2D eigenvalue weighted by atomic mass is 10.3. The zero-order valence-corrected chi connectivity index (χ0v) is 11.9. The lowest BCUT2D eigenvalue weighted by Gasteiger charge is -2.03. The number of rotatable bonds is 4. The zero-order chi connectivity index (χ0) is 15.6. The van der Waals surface area contributed by atoms with Crippen LogP contribution in [-0.2, 0) is 6.54 Å². The molecule has 0 aliphatic carbocycles. The van der Waals surface area contributed by atoms with Gasteiger partial charge in [-0.3, -0.25) is 25.1 Å². The number of carbonyl (C=O) groups is 1. The highest BCUT2D eigenvalue weighted by Gasteiger charge is 2.18. The summed E-state index contributed by atoms with van der Waals surface area (Å²) >= 11 is 3.08. The summed E-state index contributed by atoms with van der Waals surface area (Å²) in [6.45, 7) is -0.121. The molecule has 2 rings (SSSR count). The van der Waals surface area contributed by atoms with Crippen molar-refractivity contribution in [1.29, 1.82) is 0 Å². The fraction of sp³-hybridized carbons (Fsp3) is 0.100. The second-order valence-corrected chi connectivity index (χ2v) is 4.80. The molecule has 0 saturated carbocycles. The summed E-state index contributed by atoms with van der Waals surface area (Å²) in [5.74, 6) is 4.46. The maximum absolute atomic E-state index is 11.9. The Morgan fingerprint density at radius 1 is 1.57 bits per heavy atom. The lowest BCUT2D eigenvalue weighted by molar-refractivity contribution is -0.386. The molecule has 0 aliphatic heterocycles. The number of halogens is 1. The van der Waals surface area contributed by atoms with Crippen molar-refractivity contribution in [3.05, 3.63) is 54.7 Å². The number of nitrogen functional groups attached to an aromatic ring is 1. The molecule has 0 fully saturated rings. The van der Waals surface area contributed by atoms with E-state index in [1.54, 1.807) is 0 Å². The molecule has 0 aromatic carbocycles. The van der Waals surface area contributed by atoms with E-state index in [2.05, 4.69) is 21.1 Å². The third-order valence-corrected chi connectivity index (χ3v) is 2.91. The van der Waals surface area contributed by atoms with E-state index in [9.17, 15) is 19.7 Å². The van der Waals surface area contributed by atoms with Crippen molar-refractivity contribution in [2.75, 3.05) is 0 Å². The van der Waals surface area contributed by atoms with Crippen molar-refractivity contribution in [1.82, 2.24) is 15.1 Å². The maximum Gasteiger partial charge on any atom is 0.335 e. The summed E-state index contributed by atoms with van der Waals surface area (Å²) in [4.78, 5) is 33.1. The van der Waals surface area contributed by atoms with Crippen LogP contribution in [0.1, 0.15) is 16.2 Å². The number of hydrazine groups is 1. The summed E-state index contributed by atoms with van der Waals surface area (Å²) in [5.41, 5.74) is 0.430. The first-order chi connectivity index (χ1) is 9.92. The molecule has 2 aromatic heterocycles. The molecule has 10 nitrogen and oxygen atoms in total. The van der Waals surface area contributed by atoms with Gasteiger partial charge in [0.05, 0.1) is 11.5 Å². The predicted octanol–water partition coefficient (Wildman–Crippen LogP) is 0.159. The smallest absolute Gasteiger partial charge is 0.335 e. The van der Waals surface area contributed by atoms with E-state index in [1.807, 2.05) is 5.43 Å². The van der Waals surface area contributed by atoms with Crippen molar-refractivity contribution in [3.8, 4) is 0 Å².